The second kappa shape index (κ2) is 3.41. The van der Waals surface area contributed by atoms with Crippen molar-refractivity contribution in [2.45, 2.75) is 6.92 Å². The number of aromatic nitrogens is 1. The third kappa shape index (κ3) is 1.44. The van der Waals surface area contributed by atoms with Gasteiger partial charge in [-0.05, 0) is 18.6 Å². The molecule has 0 amide bonds. The SMILES string of the molecule is Cc1cnc2c(O)c([N+](=O)[O-])cc(F)c2c1. The van der Waals surface area contributed by atoms with Crippen molar-refractivity contribution >= 4 is 16.6 Å². The van der Waals surface area contributed by atoms with Gasteiger partial charge in [0.1, 0.15) is 11.3 Å². The largest absolute Gasteiger partial charge is 0.501 e. The number of phenols is 1. The van der Waals surface area contributed by atoms with Crippen molar-refractivity contribution in [1.29, 1.82) is 0 Å². The lowest BCUT2D eigenvalue weighted by atomic mass is 10.1. The molecule has 0 saturated carbocycles. The Morgan fingerprint density at radius 1 is 1.50 bits per heavy atom. The first kappa shape index (κ1) is 10.3. The summed E-state index contributed by atoms with van der Waals surface area (Å²) in [4.78, 5) is 13.5. The molecule has 0 aliphatic heterocycles. The number of nitrogens with zero attached hydrogens (tertiary/aromatic N) is 2. The third-order valence-corrected chi connectivity index (χ3v) is 2.21. The highest BCUT2D eigenvalue weighted by molar-refractivity contribution is 5.88. The summed E-state index contributed by atoms with van der Waals surface area (Å²) in [5.74, 6) is -1.38. The zero-order valence-electron chi connectivity index (χ0n) is 8.27. The number of aromatic hydroxyl groups is 1. The van der Waals surface area contributed by atoms with Crippen LogP contribution in [0.1, 0.15) is 5.56 Å². The lowest BCUT2D eigenvalue weighted by Crippen LogP contribution is -1.93. The molecule has 0 spiro atoms. The minimum absolute atomic E-state index is 0.0723. The predicted octanol–water partition coefficient (Wildman–Crippen LogP) is 2.30. The molecular weight excluding hydrogens is 215 g/mol. The highest BCUT2D eigenvalue weighted by Gasteiger charge is 2.20. The van der Waals surface area contributed by atoms with Crippen LogP contribution in [0.4, 0.5) is 10.1 Å². The van der Waals surface area contributed by atoms with Gasteiger partial charge in [-0.15, -0.1) is 0 Å². The molecule has 1 aromatic heterocycles. The molecule has 2 rings (SSSR count). The summed E-state index contributed by atoms with van der Waals surface area (Å²) in [5, 5.41) is 20.2. The summed E-state index contributed by atoms with van der Waals surface area (Å²) >= 11 is 0. The third-order valence-electron chi connectivity index (χ3n) is 2.21. The Hall–Kier alpha value is -2.24. The molecule has 0 saturated heterocycles. The van der Waals surface area contributed by atoms with E-state index in [0.29, 0.717) is 11.6 Å². The molecule has 0 fully saturated rings. The standard InChI is InChI=1S/C10H7FN2O3/c1-5-2-6-7(11)3-8(13(15)16)10(14)9(6)12-4-5/h2-4,14H,1H3. The lowest BCUT2D eigenvalue weighted by Gasteiger charge is -2.03. The van der Waals surface area contributed by atoms with E-state index in [2.05, 4.69) is 4.98 Å². The van der Waals surface area contributed by atoms with Crippen LogP contribution in [0.5, 0.6) is 5.75 Å². The highest BCUT2D eigenvalue weighted by Crippen LogP contribution is 2.34. The molecule has 16 heavy (non-hydrogen) atoms. The van der Waals surface area contributed by atoms with E-state index in [1.165, 1.54) is 12.3 Å². The van der Waals surface area contributed by atoms with E-state index in [-0.39, 0.29) is 10.9 Å². The van der Waals surface area contributed by atoms with Crippen LogP contribution < -0.4 is 0 Å². The quantitative estimate of drug-likeness (QED) is 0.593. The van der Waals surface area contributed by atoms with Crippen LogP contribution >= 0.6 is 0 Å². The number of nitro benzene ring substituents is 1. The fourth-order valence-electron chi connectivity index (χ4n) is 1.47. The molecule has 0 aliphatic rings. The van der Waals surface area contributed by atoms with Gasteiger partial charge in [-0.1, -0.05) is 0 Å². The smallest absolute Gasteiger partial charge is 0.315 e. The molecule has 0 atom stereocenters. The van der Waals surface area contributed by atoms with Crippen molar-refractivity contribution < 1.29 is 14.4 Å². The van der Waals surface area contributed by atoms with Crippen LogP contribution in [-0.2, 0) is 0 Å². The number of hydrogen-bond acceptors (Lipinski definition) is 4. The Kier molecular flexibility index (Phi) is 2.19. The number of phenolic OH excluding ortho intramolecular Hbond substituents is 1. The maximum absolute atomic E-state index is 13.5. The van der Waals surface area contributed by atoms with Crippen LogP contribution in [0.3, 0.4) is 0 Å². The van der Waals surface area contributed by atoms with Crippen LogP contribution in [0.25, 0.3) is 10.9 Å². The number of fused-ring (bicyclic) bond motifs is 1. The maximum atomic E-state index is 13.5. The summed E-state index contributed by atoms with van der Waals surface area (Å²) in [6.45, 7) is 1.71. The van der Waals surface area contributed by atoms with Gasteiger partial charge in [-0.2, -0.15) is 0 Å². The minimum Gasteiger partial charge on any atom is -0.501 e. The number of halogens is 1. The maximum Gasteiger partial charge on any atom is 0.315 e. The van der Waals surface area contributed by atoms with Crippen molar-refractivity contribution in [2.24, 2.45) is 0 Å². The fraction of sp³-hybridized carbons (Fsp3) is 0.100. The molecule has 1 aromatic carbocycles. The molecule has 5 nitrogen and oxygen atoms in total. The van der Waals surface area contributed by atoms with Crippen LogP contribution in [0.2, 0.25) is 0 Å². The van der Waals surface area contributed by atoms with Crippen molar-refractivity contribution in [3.8, 4) is 5.75 Å². The predicted molar refractivity (Wildman–Crippen MR) is 54.8 cm³/mol. The molecule has 6 heteroatoms. The van der Waals surface area contributed by atoms with Crippen LogP contribution in [-0.4, -0.2) is 15.0 Å². The number of aryl methyl sites for hydroxylation is 1. The first-order valence-corrected chi connectivity index (χ1v) is 4.43. The minimum atomic E-state index is -0.848. The Bertz CT molecular complexity index is 598. The normalized spacial score (nSPS) is 10.6. The Morgan fingerprint density at radius 2 is 2.19 bits per heavy atom. The topological polar surface area (TPSA) is 76.3 Å². The van der Waals surface area contributed by atoms with E-state index in [0.717, 1.165) is 0 Å². The van der Waals surface area contributed by atoms with Gasteiger partial charge in [0.15, 0.2) is 0 Å². The number of nitro groups is 1. The molecule has 0 radical (unpaired) electrons. The van der Waals surface area contributed by atoms with E-state index in [1.54, 1.807) is 6.92 Å². The molecule has 0 bridgehead atoms. The molecule has 0 unspecified atom stereocenters. The van der Waals surface area contributed by atoms with Crippen LogP contribution in [0.15, 0.2) is 18.3 Å². The van der Waals surface area contributed by atoms with E-state index in [1.807, 2.05) is 0 Å². The molecule has 1 heterocycles. The Labute approximate surface area is 89.3 Å². The number of hydrogen-bond donors (Lipinski definition) is 1. The average molecular weight is 222 g/mol. The lowest BCUT2D eigenvalue weighted by molar-refractivity contribution is -0.385. The van der Waals surface area contributed by atoms with Gasteiger partial charge in [0.05, 0.1) is 11.0 Å². The summed E-state index contributed by atoms with van der Waals surface area (Å²) in [6.07, 6.45) is 1.41. The summed E-state index contributed by atoms with van der Waals surface area (Å²) < 4.78 is 13.5. The molecule has 82 valence electrons. The van der Waals surface area contributed by atoms with Gasteiger partial charge in [-0.25, -0.2) is 4.39 Å². The second-order valence-electron chi connectivity index (χ2n) is 3.39. The fourth-order valence-corrected chi connectivity index (χ4v) is 1.47. The van der Waals surface area contributed by atoms with Gasteiger partial charge >= 0.3 is 5.69 Å². The second-order valence-corrected chi connectivity index (χ2v) is 3.39. The van der Waals surface area contributed by atoms with Crippen LogP contribution in [0, 0.1) is 22.9 Å². The van der Waals surface area contributed by atoms with Gasteiger partial charge in [0.25, 0.3) is 0 Å². The highest BCUT2D eigenvalue weighted by atomic mass is 19.1. The van der Waals surface area contributed by atoms with E-state index in [9.17, 15) is 19.6 Å². The van der Waals surface area contributed by atoms with Gasteiger partial charge < -0.3 is 5.11 Å². The van der Waals surface area contributed by atoms with E-state index < -0.39 is 22.2 Å². The Balaban J connectivity index is 2.90. The van der Waals surface area contributed by atoms with Gasteiger partial charge in [0.2, 0.25) is 5.75 Å². The van der Waals surface area contributed by atoms with Gasteiger partial charge in [-0.3, -0.25) is 15.1 Å². The summed E-state index contributed by atoms with van der Waals surface area (Å²) in [6, 6.07) is 2.17. The van der Waals surface area contributed by atoms with Crippen molar-refractivity contribution in [2.75, 3.05) is 0 Å². The monoisotopic (exact) mass is 222 g/mol. The summed E-state index contributed by atoms with van der Waals surface area (Å²) in [7, 11) is 0. The molecule has 1 N–H and O–H groups in total. The zero-order valence-corrected chi connectivity index (χ0v) is 8.27. The first-order chi connectivity index (χ1) is 7.50. The van der Waals surface area contributed by atoms with Gasteiger partial charge in [0, 0.05) is 11.6 Å². The number of benzene rings is 1. The molecule has 0 aliphatic carbocycles. The van der Waals surface area contributed by atoms with Crippen molar-refractivity contribution in [3.63, 3.8) is 0 Å². The Morgan fingerprint density at radius 3 is 2.81 bits per heavy atom. The number of rotatable bonds is 1. The summed E-state index contributed by atoms with van der Waals surface area (Å²) in [5.41, 5.74) is -0.0710. The van der Waals surface area contributed by atoms with Crippen molar-refractivity contribution in [3.05, 3.63) is 39.8 Å². The van der Waals surface area contributed by atoms with Crippen molar-refractivity contribution in [1.82, 2.24) is 4.98 Å². The van der Waals surface area contributed by atoms with E-state index in [4.69, 9.17) is 0 Å². The average Bonchev–Trinajstić information content (AvgIpc) is 2.22. The zero-order chi connectivity index (χ0) is 11.9. The molecule has 2 aromatic rings. The number of pyridine rings is 1. The molecular formula is C10H7FN2O3. The first-order valence-electron chi connectivity index (χ1n) is 4.43. The van der Waals surface area contributed by atoms with E-state index >= 15 is 0 Å².